The maximum Gasteiger partial charge on any atom is 0.251 e. The Morgan fingerprint density at radius 3 is 2.52 bits per heavy atom. The summed E-state index contributed by atoms with van der Waals surface area (Å²) in [7, 11) is 0. The molecule has 1 aromatic heterocycles. The topological polar surface area (TPSA) is 65.4 Å². The number of hydrogen-bond donors (Lipinski definition) is 2. The number of benzene rings is 2. The molecule has 0 bridgehead atoms. The normalized spacial score (nSPS) is 16.6. The van der Waals surface area contributed by atoms with Crippen LogP contribution >= 0.6 is 0 Å². The van der Waals surface area contributed by atoms with Crippen molar-refractivity contribution in [1.29, 1.82) is 0 Å². The molecule has 0 saturated carbocycles. The van der Waals surface area contributed by atoms with Gasteiger partial charge >= 0.3 is 0 Å². The Morgan fingerprint density at radius 1 is 1.04 bits per heavy atom. The lowest BCUT2D eigenvalue weighted by atomic mass is 10.0. The molecule has 0 radical (unpaired) electrons. The second kappa shape index (κ2) is 7.08. The number of nitrogens with two attached hydrogens (primary N) is 1. The molecule has 1 aliphatic heterocycles. The predicted molar refractivity (Wildman–Crippen MR) is 112 cm³/mol. The molecule has 27 heavy (non-hydrogen) atoms. The summed E-state index contributed by atoms with van der Waals surface area (Å²) in [4.78, 5) is 19.8. The van der Waals surface area contributed by atoms with E-state index in [-0.39, 0.29) is 5.56 Å². The molecule has 1 unspecified atom stereocenters. The van der Waals surface area contributed by atoms with Crippen LogP contribution in [0.2, 0.25) is 0 Å². The van der Waals surface area contributed by atoms with Crippen LogP contribution in [0, 0.1) is 6.92 Å². The third-order valence-electron chi connectivity index (χ3n) is 5.68. The SMILES string of the molecule is Cc1cc2ccc(C(C)N3CCN(c4ccccc4N)CC3)cc2[nH]c1=O. The van der Waals surface area contributed by atoms with Gasteiger partial charge in [-0.3, -0.25) is 9.69 Å². The molecule has 5 heteroatoms. The lowest BCUT2D eigenvalue weighted by Gasteiger charge is -2.39. The van der Waals surface area contributed by atoms with Crippen molar-refractivity contribution in [2.45, 2.75) is 19.9 Å². The molecule has 0 amide bonds. The van der Waals surface area contributed by atoms with E-state index in [0.717, 1.165) is 54.0 Å². The maximum atomic E-state index is 11.9. The largest absolute Gasteiger partial charge is 0.397 e. The van der Waals surface area contributed by atoms with Gasteiger partial charge in [0.15, 0.2) is 0 Å². The molecule has 2 heterocycles. The molecule has 5 nitrogen and oxygen atoms in total. The number of piperazine rings is 1. The second-order valence-electron chi connectivity index (χ2n) is 7.39. The average Bonchev–Trinajstić information content (AvgIpc) is 2.68. The number of anilines is 2. The van der Waals surface area contributed by atoms with Gasteiger partial charge in [0, 0.05) is 43.3 Å². The predicted octanol–water partition coefficient (Wildman–Crippen LogP) is 3.30. The number of aromatic nitrogens is 1. The Morgan fingerprint density at radius 2 is 1.78 bits per heavy atom. The minimum absolute atomic E-state index is 0.0126. The van der Waals surface area contributed by atoms with Gasteiger partial charge in [0.2, 0.25) is 0 Å². The van der Waals surface area contributed by atoms with Gasteiger partial charge in [-0.05, 0) is 49.1 Å². The zero-order valence-electron chi connectivity index (χ0n) is 15.9. The van der Waals surface area contributed by atoms with Crippen LogP contribution in [-0.4, -0.2) is 36.1 Å². The first-order valence-electron chi connectivity index (χ1n) is 9.50. The van der Waals surface area contributed by atoms with Crippen LogP contribution in [0.25, 0.3) is 10.9 Å². The van der Waals surface area contributed by atoms with Crippen LogP contribution in [-0.2, 0) is 0 Å². The number of rotatable bonds is 3. The fourth-order valence-electron chi connectivity index (χ4n) is 3.92. The first kappa shape index (κ1) is 17.6. The molecule has 2 aromatic carbocycles. The smallest absolute Gasteiger partial charge is 0.251 e. The summed E-state index contributed by atoms with van der Waals surface area (Å²) >= 11 is 0. The van der Waals surface area contributed by atoms with Gasteiger partial charge in [-0.2, -0.15) is 0 Å². The Labute approximate surface area is 159 Å². The first-order valence-corrected chi connectivity index (χ1v) is 9.50. The zero-order valence-corrected chi connectivity index (χ0v) is 15.9. The number of para-hydroxylation sites is 2. The highest BCUT2D eigenvalue weighted by Crippen LogP contribution is 2.28. The number of nitrogen functional groups attached to an aromatic ring is 1. The number of pyridine rings is 1. The lowest BCUT2D eigenvalue weighted by Crippen LogP contribution is -2.47. The first-order chi connectivity index (χ1) is 13.0. The summed E-state index contributed by atoms with van der Waals surface area (Å²) in [6.45, 7) is 7.97. The van der Waals surface area contributed by atoms with Crippen LogP contribution in [0.15, 0.2) is 53.3 Å². The van der Waals surface area contributed by atoms with Crippen LogP contribution in [0.4, 0.5) is 11.4 Å². The molecule has 0 spiro atoms. The van der Waals surface area contributed by atoms with E-state index in [2.05, 4.69) is 46.0 Å². The fourth-order valence-corrected chi connectivity index (χ4v) is 3.92. The Kier molecular flexibility index (Phi) is 4.62. The van der Waals surface area contributed by atoms with Gasteiger partial charge in [-0.1, -0.05) is 24.3 Å². The molecule has 140 valence electrons. The number of nitrogens with one attached hydrogen (secondary N) is 1. The highest BCUT2D eigenvalue weighted by atomic mass is 16.1. The Hall–Kier alpha value is -2.79. The van der Waals surface area contributed by atoms with Crippen LogP contribution in [0.1, 0.15) is 24.1 Å². The van der Waals surface area contributed by atoms with Gasteiger partial charge in [0.05, 0.1) is 11.4 Å². The van der Waals surface area contributed by atoms with Crippen molar-refractivity contribution >= 4 is 22.3 Å². The number of aryl methyl sites for hydroxylation is 1. The summed E-state index contributed by atoms with van der Waals surface area (Å²) in [5, 5.41) is 1.08. The third-order valence-corrected chi connectivity index (χ3v) is 5.68. The highest BCUT2D eigenvalue weighted by Gasteiger charge is 2.23. The van der Waals surface area contributed by atoms with Gasteiger partial charge in [-0.25, -0.2) is 0 Å². The van der Waals surface area contributed by atoms with Gasteiger partial charge in [0.25, 0.3) is 5.56 Å². The molecule has 3 N–H and O–H groups in total. The summed E-state index contributed by atoms with van der Waals surface area (Å²) < 4.78 is 0. The number of H-pyrrole nitrogens is 1. The van der Waals surface area contributed by atoms with Crippen LogP contribution in [0.3, 0.4) is 0 Å². The average molecular weight is 362 g/mol. The molecule has 3 aromatic rings. The summed E-state index contributed by atoms with van der Waals surface area (Å²) in [6, 6.07) is 16.7. The van der Waals surface area contributed by atoms with Crippen molar-refractivity contribution in [3.63, 3.8) is 0 Å². The van der Waals surface area contributed by atoms with E-state index in [1.165, 1.54) is 5.56 Å². The van der Waals surface area contributed by atoms with Crippen molar-refractivity contribution in [2.24, 2.45) is 0 Å². The fraction of sp³-hybridized carbons (Fsp3) is 0.318. The van der Waals surface area contributed by atoms with E-state index >= 15 is 0 Å². The number of fused-ring (bicyclic) bond motifs is 1. The van der Waals surface area contributed by atoms with Gasteiger partial charge < -0.3 is 15.6 Å². The van der Waals surface area contributed by atoms with E-state index in [9.17, 15) is 4.79 Å². The van der Waals surface area contributed by atoms with Gasteiger partial charge in [0.1, 0.15) is 0 Å². The zero-order chi connectivity index (χ0) is 19.0. The monoisotopic (exact) mass is 362 g/mol. The summed E-state index contributed by atoms with van der Waals surface area (Å²) in [5.41, 5.74) is 11.0. The lowest BCUT2D eigenvalue weighted by molar-refractivity contribution is 0.199. The van der Waals surface area contributed by atoms with Crippen molar-refractivity contribution < 1.29 is 0 Å². The van der Waals surface area contributed by atoms with Crippen LogP contribution < -0.4 is 16.2 Å². The molecule has 1 atom stereocenters. The summed E-state index contributed by atoms with van der Waals surface area (Å²) in [5.74, 6) is 0. The van der Waals surface area contributed by atoms with Crippen LogP contribution in [0.5, 0.6) is 0 Å². The highest BCUT2D eigenvalue weighted by molar-refractivity contribution is 5.79. The molecule has 0 aliphatic carbocycles. The molecule has 1 saturated heterocycles. The number of nitrogens with zero attached hydrogens (tertiary/aromatic N) is 2. The minimum atomic E-state index is -0.0126. The molecular weight excluding hydrogens is 336 g/mol. The summed E-state index contributed by atoms with van der Waals surface area (Å²) in [6.07, 6.45) is 0. The second-order valence-corrected chi connectivity index (χ2v) is 7.39. The van der Waals surface area contributed by atoms with Crippen molar-refractivity contribution in [2.75, 3.05) is 36.8 Å². The molecule has 1 aliphatic rings. The Bertz CT molecular complexity index is 1020. The van der Waals surface area contributed by atoms with E-state index < -0.39 is 0 Å². The maximum absolute atomic E-state index is 11.9. The standard InChI is InChI=1S/C22H26N4O/c1-15-13-18-8-7-17(14-20(18)24-22(15)27)16(2)25-9-11-26(12-10-25)21-6-4-3-5-19(21)23/h3-8,13-14,16H,9-12,23H2,1-2H3,(H,24,27). The van der Waals surface area contributed by atoms with Crippen molar-refractivity contribution in [3.8, 4) is 0 Å². The van der Waals surface area contributed by atoms with Crippen molar-refractivity contribution in [3.05, 3.63) is 70.0 Å². The molecule has 4 rings (SSSR count). The molecule has 1 fully saturated rings. The number of aromatic amines is 1. The van der Waals surface area contributed by atoms with Gasteiger partial charge in [-0.15, -0.1) is 0 Å². The van der Waals surface area contributed by atoms with E-state index in [4.69, 9.17) is 5.73 Å². The quantitative estimate of drug-likeness (QED) is 0.702. The van der Waals surface area contributed by atoms with Crippen molar-refractivity contribution in [1.82, 2.24) is 9.88 Å². The van der Waals surface area contributed by atoms with E-state index in [1.807, 2.05) is 31.2 Å². The third kappa shape index (κ3) is 3.43. The van der Waals surface area contributed by atoms with E-state index in [1.54, 1.807) is 0 Å². The molecular formula is C22H26N4O. The van der Waals surface area contributed by atoms with E-state index in [0.29, 0.717) is 6.04 Å². The Balaban J connectivity index is 1.50. The number of hydrogen-bond acceptors (Lipinski definition) is 4. The minimum Gasteiger partial charge on any atom is -0.397 e.